The maximum atomic E-state index is 12.8. The number of halogens is 3. The van der Waals surface area contributed by atoms with Crippen LogP contribution < -0.4 is 0 Å². The SMILES string of the molecule is Cc1nc(C(F)(F)F)ccc1C(=O)N(C1CCCC1)C1CC1. The van der Waals surface area contributed by atoms with E-state index in [4.69, 9.17) is 0 Å². The van der Waals surface area contributed by atoms with Crippen LogP contribution in [0, 0.1) is 6.92 Å². The number of amides is 1. The van der Waals surface area contributed by atoms with E-state index in [9.17, 15) is 18.0 Å². The molecule has 0 N–H and O–H groups in total. The van der Waals surface area contributed by atoms with Crippen molar-refractivity contribution in [3.8, 4) is 0 Å². The molecular weight excluding hydrogens is 293 g/mol. The van der Waals surface area contributed by atoms with Crippen molar-refractivity contribution in [2.45, 2.75) is 63.7 Å². The molecular formula is C16H19F3N2O. The standard InChI is InChI=1S/C16H19F3N2O/c1-10-13(8-9-14(20-10)16(17,18)19)15(22)21(12-6-7-12)11-4-2-3-5-11/h8-9,11-12H,2-7H2,1H3. The summed E-state index contributed by atoms with van der Waals surface area (Å²) in [6.45, 7) is 1.47. The number of carbonyl (C=O) groups is 1. The van der Waals surface area contributed by atoms with Gasteiger partial charge in [0, 0.05) is 12.1 Å². The van der Waals surface area contributed by atoms with Crippen LogP contribution in [-0.2, 0) is 6.18 Å². The number of pyridine rings is 1. The molecule has 1 amide bonds. The predicted octanol–water partition coefficient (Wildman–Crippen LogP) is 3.96. The normalized spacial score (nSPS) is 19.5. The highest BCUT2D eigenvalue weighted by Crippen LogP contribution is 2.36. The van der Waals surface area contributed by atoms with Crippen LogP contribution in [0.4, 0.5) is 13.2 Å². The lowest BCUT2D eigenvalue weighted by molar-refractivity contribution is -0.141. The molecule has 0 saturated heterocycles. The fourth-order valence-corrected chi connectivity index (χ4v) is 3.25. The molecule has 6 heteroatoms. The summed E-state index contributed by atoms with van der Waals surface area (Å²) in [5.41, 5.74) is -0.490. The summed E-state index contributed by atoms with van der Waals surface area (Å²) < 4.78 is 38.1. The van der Waals surface area contributed by atoms with Crippen molar-refractivity contribution in [3.63, 3.8) is 0 Å². The Morgan fingerprint density at radius 1 is 1.14 bits per heavy atom. The van der Waals surface area contributed by atoms with Crippen molar-refractivity contribution in [3.05, 3.63) is 29.1 Å². The van der Waals surface area contributed by atoms with Gasteiger partial charge in [0.15, 0.2) is 0 Å². The Labute approximate surface area is 127 Å². The van der Waals surface area contributed by atoms with E-state index < -0.39 is 11.9 Å². The number of carbonyl (C=O) groups excluding carboxylic acids is 1. The predicted molar refractivity (Wildman–Crippen MR) is 75.4 cm³/mol. The van der Waals surface area contributed by atoms with Gasteiger partial charge in [-0.3, -0.25) is 4.79 Å². The number of aryl methyl sites for hydroxylation is 1. The highest BCUT2D eigenvalue weighted by atomic mass is 19.4. The van der Waals surface area contributed by atoms with E-state index >= 15 is 0 Å². The first kappa shape index (κ1) is 15.3. The second kappa shape index (κ2) is 5.56. The fourth-order valence-electron chi connectivity index (χ4n) is 3.25. The molecule has 3 rings (SSSR count). The summed E-state index contributed by atoms with van der Waals surface area (Å²) in [5.74, 6) is -0.159. The molecule has 0 unspecified atom stereocenters. The van der Waals surface area contributed by atoms with E-state index in [1.807, 2.05) is 4.90 Å². The minimum absolute atomic E-state index is 0.156. The van der Waals surface area contributed by atoms with Gasteiger partial charge in [0.2, 0.25) is 0 Å². The van der Waals surface area contributed by atoms with Crippen LogP contribution >= 0.6 is 0 Å². The van der Waals surface area contributed by atoms with Crippen molar-refractivity contribution in [1.29, 1.82) is 0 Å². The second-order valence-electron chi connectivity index (χ2n) is 6.21. The van der Waals surface area contributed by atoms with Crippen LogP contribution in [0.2, 0.25) is 0 Å². The van der Waals surface area contributed by atoms with E-state index in [0.29, 0.717) is 5.56 Å². The minimum atomic E-state index is -4.48. The van der Waals surface area contributed by atoms with Crippen LogP contribution in [0.15, 0.2) is 12.1 Å². The van der Waals surface area contributed by atoms with E-state index in [2.05, 4.69) is 4.98 Å². The zero-order chi connectivity index (χ0) is 15.9. The van der Waals surface area contributed by atoms with Gasteiger partial charge < -0.3 is 4.90 Å². The van der Waals surface area contributed by atoms with E-state index in [-0.39, 0.29) is 23.7 Å². The molecule has 2 saturated carbocycles. The van der Waals surface area contributed by atoms with E-state index in [1.54, 1.807) is 0 Å². The van der Waals surface area contributed by atoms with E-state index in [0.717, 1.165) is 44.6 Å². The highest BCUT2D eigenvalue weighted by Gasteiger charge is 2.40. The van der Waals surface area contributed by atoms with Gasteiger partial charge in [-0.1, -0.05) is 12.8 Å². The van der Waals surface area contributed by atoms with Gasteiger partial charge in [0.25, 0.3) is 5.91 Å². The Kier molecular flexibility index (Phi) is 3.87. The third-order valence-electron chi connectivity index (χ3n) is 4.50. The first-order chi connectivity index (χ1) is 10.4. The molecule has 22 heavy (non-hydrogen) atoms. The van der Waals surface area contributed by atoms with Gasteiger partial charge in [0.1, 0.15) is 5.69 Å². The zero-order valence-electron chi connectivity index (χ0n) is 12.5. The molecule has 1 aromatic rings. The van der Waals surface area contributed by atoms with Gasteiger partial charge in [-0.15, -0.1) is 0 Å². The smallest absolute Gasteiger partial charge is 0.333 e. The number of hydrogen-bond donors (Lipinski definition) is 0. The summed E-state index contributed by atoms with van der Waals surface area (Å²) in [5, 5.41) is 0. The van der Waals surface area contributed by atoms with Gasteiger partial charge in [-0.2, -0.15) is 13.2 Å². The molecule has 0 bridgehead atoms. The largest absolute Gasteiger partial charge is 0.433 e. The lowest BCUT2D eigenvalue weighted by atomic mass is 10.1. The molecule has 3 nitrogen and oxygen atoms in total. The molecule has 2 fully saturated rings. The maximum Gasteiger partial charge on any atom is 0.433 e. The fraction of sp³-hybridized carbons (Fsp3) is 0.625. The molecule has 2 aliphatic carbocycles. The topological polar surface area (TPSA) is 33.2 Å². The molecule has 120 valence electrons. The number of rotatable bonds is 3. The van der Waals surface area contributed by atoms with Crippen LogP contribution in [0.5, 0.6) is 0 Å². The Balaban J connectivity index is 1.87. The molecule has 0 aliphatic heterocycles. The Hall–Kier alpha value is -1.59. The summed E-state index contributed by atoms with van der Waals surface area (Å²) in [6.07, 6.45) is 1.74. The highest BCUT2D eigenvalue weighted by molar-refractivity contribution is 5.95. The summed E-state index contributed by atoms with van der Waals surface area (Å²) >= 11 is 0. The lowest BCUT2D eigenvalue weighted by Crippen LogP contribution is -2.41. The van der Waals surface area contributed by atoms with Crippen LogP contribution in [0.3, 0.4) is 0 Å². The third-order valence-corrected chi connectivity index (χ3v) is 4.50. The first-order valence-corrected chi connectivity index (χ1v) is 7.75. The molecule has 0 spiro atoms. The van der Waals surface area contributed by atoms with Gasteiger partial charge in [0.05, 0.1) is 11.3 Å². The van der Waals surface area contributed by atoms with Crippen LogP contribution in [-0.4, -0.2) is 27.9 Å². The average molecular weight is 312 g/mol. The number of alkyl halides is 3. The van der Waals surface area contributed by atoms with Gasteiger partial charge in [-0.25, -0.2) is 4.98 Å². The molecule has 0 atom stereocenters. The monoisotopic (exact) mass is 312 g/mol. The maximum absolute atomic E-state index is 12.8. The number of hydrogen-bond acceptors (Lipinski definition) is 2. The van der Waals surface area contributed by atoms with Crippen molar-refractivity contribution in [1.82, 2.24) is 9.88 Å². The van der Waals surface area contributed by atoms with Crippen molar-refractivity contribution < 1.29 is 18.0 Å². The second-order valence-corrected chi connectivity index (χ2v) is 6.21. The number of aromatic nitrogens is 1. The van der Waals surface area contributed by atoms with Crippen LogP contribution in [0.25, 0.3) is 0 Å². The molecule has 0 aromatic carbocycles. The third kappa shape index (κ3) is 2.96. The van der Waals surface area contributed by atoms with Crippen molar-refractivity contribution >= 4 is 5.91 Å². The van der Waals surface area contributed by atoms with Crippen molar-refractivity contribution in [2.75, 3.05) is 0 Å². The Morgan fingerprint density at radius 3 is 2.23 bits per heavy atom. The minimum Gasteiger partial charge on any atom is -0.333 e. The molecule has 2 aliphatic rings. The number of nitrogens with zero attached hydrogens (tertiary/aromatic N) is 2. The van der Waals surface area contributed by atoms with Crippen molar-refractivity contribution in [2.24, 2.45) is 0 Å². The first-order valence-electron chi connectivity index (χ1n) is 7.75. The average Bonchev–Trinajstić information content (AvgIpc) is 3.12. The van der Waals surface area contributed by atoms with Gasteiger partial charge >= 0.3 is 6.18 Å². The summed E-state index contributed by atoms with van der Waals surface area (Å²) in [6, 6.07) is 2.68. The molecule has 1 aromatic heterocycles. The van der Waals surface area contributed by atoms with E-state index in [1.165, 1.54) is 13.0 Å². The zero-order valence-corrected chi connectivity index (χ0v) is 12.5. The summed E-state index contributed by atoms with van der Waals surface area (Å²) in [7, 11) is 0. The quantitative estimate of drug-likeness (QED) is 0.846. The van der Waals surface area contributed by atoms with Gasteiger partial charge in [-0.05, 0) is 44.7 Å². The lowest BCUT2D eigenvalue weighted by Gasteiger charge is -2.29. The summed E-state index contributed by atoms with van der Waals surface area (Å²) in [4.78, 5) is 18.3. The van der Waals surface area contributed by atoms with Crippen LogP contribution in [0.1, 0.15) is 60.3 Å². The Morgan fingerprint density at radius 2 is 1.73 bits per heavy atom. The Bertz CT molecular complexity index is 575. The molecule has 1 heterocycles. The molecule has 0 radical (unpaired) electrons.